The Morgan fingerprint density at radius 3 is 2.00 bits per heavy atom. The summed E-state index contributed by atoms with van der Waals surface area (Å²) in [6.07, 6.45) is 1.21. The van der Waals surface area contributed by atoms with Crippen molar-refractivity contribution in [3.8, 4) is 0 Å². The number of hydrogen-bond donors (Lipinski definition) is 2. The lowest BCUT2D eigenvalue weighted by molar-refractivity contribution is -0.122. The number of hydrogen-bond acceptors (Lipinski definition) is 4. The van der Waals surface area contributed by atoms with Crippen LogP contribution in [0.5, 0.6) is 0 Å². The molecular weight excluding hydrogens is 194 g/mol. The number of ether oxygens (including phenoxy) is 2. The number of methoxy groups -OCH3 is 2. The lowest BCUT2D eigenvalue weighted by atomic mass is 9.97. The Hall–Kier alpha value is -0.160. The molecule has 0 spiro atoms. The van der Waals surface area contributed by atoms with Gasteiger partial charge in [0.1, 0.15) is 0 Å². The number of aliphatic hydroxyl groups is 1. The van der Waals surface area contributed by atoms with E-state index in [1.165, 1.54) is 0 Å². The molecule has 2 N–H and O–H groups in total. The summed E-state index contributed by atoms with van der Waals surface area (Å²) in [5.74, 6) is 0. The second-order valence-corrected chi connectivity index (χ2v) is 3.94. The Morgan fingerprint density at radius 2 is 1.67 bits per heavy atom. The molecule has 1 atom stereocenters. The Bertz CT molecular complexity index is 156. The second-order valence-electron chi connectivity index (χ2n) is 3.94. The van der Waals surface area contributed by atoms with Crippen LogP contribution in [0, 0.1) is 0 Å². The molecule has 0 aromatic carbocycles. The minimum absolute atomic E-state index is 0.0598. The standard InChI is InChI=1S/C11H25NO3/c1-6-11(13,7-2)8-12-9(3)10(14-4)15-5/h9-10,12-13H,6-8H2,1-5H3. The molecular formula is C11H25NO3. The van der Waals surface area contributed by atoms with Gasteiger partial charge in [-0.25, -0.2) is 0 Å². The molecule has 0 saturated heterocycles. The van der Waals surface area contributed by atoms with Crippen molar-refractivity contribution in [3.05, 3.63) is 0 Å². The zero-order chi connectivity index (χ0) is 11.9. The fraction of sp³-hybridized carbons (Fsp3) is 1.00. The van der Waals surface area contributed by atoms with E-state index in [2.05, 4.69) is 5.32 Å². The van der Waals surface area contributed by atoms with E-state index in [0.717, 1.165) is 12.8 Å². The van der Waals surface area contributed by atoms with E-state index in [1.807, 2.05) is 20.8 Å². The molecule has 0 aromatic rings. The van der Waals surface area contributed by atoms with E-state index in [-0.39, 0.29) is 12.3 Å². The average Bonchev–Trinajstić information content (AvgIpc) is 2.27. The number of rotatable bonds is 8. The van der Waals surface area contributed by atoms with E-state index in [4.69, 9.17) is 9.47 Å². The minimum Gasteiger partial charge on any atom is -0.389 e. The Balaban J connectivity index is 4.02. The predicted octanol–water partition coefficient (Wildman–Crippen LogP) is 1.13. The van der Waals surface area contributed by atoms with Crippen LogP contribution >= 0.6 is 0 Å². The van der Waals surface area contributed by atoms with Crippen molar-refractivity contribution < 1.29 is 14.6 Å². The van der Waals surface area contributed by atoms with E-state index >= 15 is 0 Å². The van der Waals surface area contributed by atoms with Gasteiger partial charge in [0.25, 0.3) is 0 Å². The summed E-state index contributed by atoms with van der Waals surface area (Å²) in [7, 11) is 3.22. The van der Waals surface area contributed by atoms with Gasteiger partial charge in [0.05, 0.1) is 11.6 Å². The maximum atomic E-state index is 10.1. The van der Waals surface area contributed by atoms with Gasteiger partial charge in [-0.2, -0.15) is 0 Å². The zero-order valence-electron chi connectivity index (χ0n) is 10.5. The summed E-state index contributed by atoms with van der Waals surface area (Å²) in [4.78, 5) is 0. The van der Waals surface area contributed by atoms with Gasteiger partial charge in [-0.05, 0) is 19.8 Å². The van der Waals surface area contributed by atoms with E-state index in [0.29, 0.717) is 6.54 Å². The molecule has 4 nitrogen and oxygen atoms in total. The van der Waals surface area contributed by atoms with Gasteiger partial charge in [0.15, 0.2) is 6.29 Å². The van der Waals surface area contributed by atoms with Crippen LogP contribution in [-0.2, 0) is 9.47 Å². The van der Waals surface area contributed by atoms with Crippen molar-refractivity contribution in [2.45, 2.75) is 51.5 Å². The third kappa shape index (κ3) is 4.93. The van der Waals surface area contributed by atoms with Gasteiger partial charge in [-0.1, -0.05) is 13.8 Å². The van der Waals surface area contributed by atoms with Crippen molar-refractivity contribution in [2.24, 2.45) is 0 Å². The molecule has 0 rings (SSSR count). The topological polar surface area (TPSA) is 50.7 Å². The molecule has 0 fully saturated rings. The molecule has 92 valence electrons. The molecule has 1 unspecified atom stereocenters. The van der Waals surface area contributed by atoms with Crippen molar-refractivity contribution in [3.63, 3.8) is 0 Å². The highest BCUT2D eigenvalue weighted by atomic mass is 16.7. The first-order valence-electron chi connectivity index (χ1n) is 5.54. The lowest BCUT2D eigenvalue weighted by Gasteiger charge is -2.29. The molecule has 0 aliphatic rings. The first-order chi connectivity index (χ1) is 7.02. The minimum atomic E-state index is -0.625. The Labute approximate surface area is 93.0 Å². The fourth-order valence-electron chi connectivity index (χ4n) is 1.45. The van der Waals surface area contributed by atoms with E-state index < -0.39 is 5.60 Å². The summed E-state index contributed by atoms with van der Waals surface area (Å²) >= 11 is 0. The van der Waals surface area contributed by atoms with Gasteiger partial charge in [-0.15, -0.1) is 0 Å². The molecule has 0 saturated carbocycles. The normalized spacial score (nSPS) is 14.6. The highest BCUT2D eigenvalue weighted by Gasteiger charge is 2.24. The molecule has 0 heterocycles. The largest absolute Gasteiger partial charge is 0.389 e. The summed E-state index contributed by atoms with van der Waals surface area (Å²) in [6.45, 7) is 6.51. The monoisotopic (exact) mass is 219 g/mol. The van der Waals surface area contributed by atoms with Crippen molar-refractivity contribution in [2.75, 3.05) is 20.8 Å². The third-order valence-corrected chi connectivity index (χ3v) is 2.94. The van der Waals surface area contributed by atoms with Gasteiger partial charge >= 0.3 is 0 Å². The van der Waals surface area contributed by atoms with Gasteiger partial charge in [0.2, 0.25) is 0 Å². The maximum absolute atomic E-state index is 10.1. The van der Waals surface area contributed by atoms with Gasteiger partial charge in [0, 0.05) is 20.8 Å². The Kier molecular flexibility index (Phi) is 7.09. The van der Waals surface area contributed by atoms with Crippen LogP contribution in [0.1, 0.15) is 33.6 Å². The molecule has 0 aliphatic carbocycles. The summed E-state index contributed by atoms with van der Waals surface area (Å²) in [5, 5.41) is 13.3. The summed E-state index contributed by atoms with van der Waals surface area (Å²) in [5.41, 5.74) is -0.625. The summed E-state index contributed by atoms with van der Waals surface area (Å²) < 4.78 is 10.3. The van der Waals surface area contributed by atoms with Crippen molar-refractivity contribution >= 4 is 0 Å². The molecule has 4 heteroatoms. The smallest absolute Gasteiger partial charge is 0.171 e. The molecule has 0 aromatic heterocycles. The molecule has 0 radical (unpaired) electrons. The van der Waals surface area contributed by atoms with E-state index in [1.54, 1.807) is 14.2 Å². The lowest BCUT2D eigenvalue weighted by Crippen LogP contribution is -2.47. The number of nitrogens with one attached hydrogen (secondary N) is 1. The van der Waals surface area contributed by atoms with Gasteiger partial charge < -0.3 is 19.9 Å². The predicted molar refractivity (Wildman–Crippen MR) is 60.8 cm³/mol. The van der Waals surface area contributed by atoms with Gasteiger partial charge in [-0.3, -0.25) is 0 Å². The van der Waals surface area contributed by atoms with Crippen molar-refractivity contribution in [1.82, 2.24) is 5.32 Å². The molecule has 15 heavy (non-hydrogen) atoms. The van der Waals surface area contributed by atoms with Crippen LogP contribution in [0.2, 0.25) is 0 Å². The van der Waals surface area contributed by atoms with Crippen LogP contribution in [0.3, 0.4) is 0 Å². The SMILES string of the molecule is CCC(O)(CC)CNC(C)C(OC)OC. The molecule has 0 bridgehead atoms. The quantitative estimate of drug-likeness (QED) is 0.601. The highest BCUT2D eigenvalue weighted by molar-refractivity contribution is 4.80. The van der Waals surface area contributed by atoms with Crippen molar-refractivity contribution in [1.29, 1.82) is 0 Å². The van der Waals surface area contributed by atoms with Crippen LogP contribution in [-0.4, -0.2) is 43.8 Å². The zero-order valence-corrected chi connectivity index (χ0v) is 10.5. The van der Waals surface area contributed by atoms with Crippen LogP contribution in [0.4, 0.5) is 0 Å². The van der Waals surface area contributed by atoms with Crippen LogP contribution in [0.15, 0.2) is 0 Å². The highest BCUT2D eigenvalue weighted by Crippen LogP contribution is 2.13. The molecule has 0 amide bonds. The summed E-state index contributed by atoms with van der Waals surface area (Å²) in [6, 6.07) is 0.0598. The average molecular weight is 219 g/mol. The van der Waals surface area contributed by atoms with Crippen LogP contribution in [0.25, 0.3) is 0 Å². The second kappa shape index (κ2) is 7.17. The van der Waals surface area contributed by atoms with Crippen LogP contribution < -0.4 is 5.32 Å². The first kappa shape index (κ1) is 14.8. The maximum Gasteiger partial charge on any atom is 0.171 e. The van der Waals surface area contributed by atoms with E-state index in [9.17, 15) is 5.11 Å². The first-order valence-corrected chi connectivity index (χ1v) is 5.54. The third-order valence-electron chi connectivity index (χ3n) is 2.94. The fourth-order valence-corrected chi connectivity index (χ4v) is 1.45. The Morgan fingerprint density at radius 1 is 1.20 bits per heavy atom. The molecule has 0 aliphatic heterocycles.